The van der Waals surface area contributed by atoms with Gasteiger partial charge in [0.25, 0.3) is 0 Å². The molecule has 7 nitrogen and oxygen atoms in total. The van der Waals surface area contributed by atoms with Gasteiger partial charge in [-0.2, -0.15) is 0 Å². The van der Waals surface area contributed by atoms with Crippen LogP contribution < -0.4 is 5.32 Å². The Balaban J connectivity index is 1.73. The van der Waals surface area contributed by atoms with E-state index in [-0.39, 0.29) is 12.5 Å². The highest BCUT2D eigenvalue weighted by Crippen LogP contribution is 2.44. The van der Waals surface area contributed by atoms with Gasteiger partial charge in [0.15, 0.2) is 0 Å². The van der Waals surface area contributed by atoms with Crippen molar-refractivity contribution in [3.63, 3.8) is 0 Å². The number of carbonyl (C=O) groups is 3. The number of rotatable bonds is 8. The summed E-state index contributed by atoms with van der Waals surface area (Å²) in [7, 11) is 0. The van der Waals surface area contributed by atoms with Gasteiger partial charge in [0, 0.05) is 12.5 Å². The minimum atomic E-state index is -1.09. The molecule has 1 aliphatic rings. The first kappa shape index (κ1) is 24.3. The van der Waals surface area contributed by atoms with E-state index >= 15 is 0 Å². The average Bonchev–Trinajstić information content (AvgIpc) is 3.08. The van der Waals surface area contributed by atoms with Crippen LogP contribution in [-0.4, -0.2) is 53.7 Å². The molecule has 3 rings (SSSR count). The van der Waals surface area contributed by atoms with Gasteiger partial charge in [-0.15, -0.1) is 0 Å². The van der Waals surface area contributed by atoms with Gasteiger partial charge in [-0.05, 0) is 34.1 Å². The zero-order chi connectivity index (χ0) is 24.2. The van der Waals surface area contributed by atoms with E-state index in [9.17, 15) is 19.5 Å². The SMILES string of the molecule is CCCN(CC(=O)O)C(=O)[C@H](NC(=O)OCC1c2ccccc2-c2ccccc21)C(C)(C)C. The zero-order valence-corrected chi connectivity index (χ0v) is 19.6. The third kappa shape index (κ3) is 5.53. The molecule has 0 spiro atoms. The van der Waals surface area contributed by atoms with Crippen molar-refractivity contribution in [2.24, 2.45) is 5.41 Å². The molecule has 2 N–H and O–H groups in total. The van der Waals surface area contributed by atoms with E-state index in [1.807, 2.05) is 64.1 Å². The van der Waals surface area contributed by atoms with Crippen LogP contribution in [0, 0.1) is 5.41 Å². The van der Waals surface area contributed by atoms with E-state index < -0.39 is 36.0 Å². The van der Waals surface area contributed by atoms with Crippen molar-refractivity contribution in [1.82, 2.24) is 10.2 Å². The Morgan fingerprint density at radius 1 is 1.03 bits per heavy atom. The van der Waals surface area contributed by atoms with Crippen LogP contribution in [0.5, 0.6) is 0 Å². The number of alkyl carbamates (subject to hydrolysis) is 1. The maximum absolute atomic E-state index is 13.1. The minimum Gasteiger partial charge on any atom is -0.480 e. The number of carbonyl (C=O) groups excluding carboxylic acids is 2. The van der Waals surface area contributed by atoms with Crippen LogP contribution in [0.15, 0.2) is 48.5 Å². The lowest BCUT2D eigenvalue weighted by atomic mass is 9.85. The average molecular weight is 453 g/mol. The van der Waals surface area contributed by atoms with Gasteiger partial charge in [0.2, 0.25) is 5.91 Å². The molecule has 2 aromatic carbocycles. The second-order valence-corrected chi connectivity index (χ2v) is 9.42. The molecule has 0 bridgehead atoms. The Hall–Kier alpha value is -3.35. The Labute approximate surface area is 194 Å². The van der Waals surface area contributed by atoms with Crippen molar-refractivity contribution < 1.29 is 24.2 Å². The molecule has 7 heteroatoms. The maximum Gasteiger partial charge on any atom is 0.407 e. The molecule has 0 saturated heterocycles. The summed E-state index contributed by atoms with van der Waals surface area (Å²) in [5, 5.41) is 11.9. The number of benzene rings is 2. The van der Waals surface area contributed by atoms with Crippen LogP contribution in [-0.2, 0) is 14.3 Å². The zero-order valence-electron chi connectivity index (χ0n) is 19.6. The number of fused-ring (bicyclic) bond motifs is 3. The number of aliphatic carboxylic acids is 1. The van der Waals surface area contributed by atoms with Gasteiger partial charge in [0.1, 0.15) is 19.2 Å². The van der Waals surface area contributed by atoms with Crippen molar-refractivity contribution in [2.45, 2.75) is 46.1 Å². The highest BCUT2D eigenvalue weighted by molar-refractivity contribution is 5.89. The Morgan fingerprint density at radius 2 is 1.58 bits per heavy atom. The second-order valence-electron chi connectivity index (χ2n) is 9.42. The molecule has 0 unspecified atom stereocenters. The van der Waals surface area contributed by atoms with Crippen molar-refractivity contribution in [2.75, 3.05) is 19.7 Å². The predicted octanol–water partition coefficient (Wildman–Crippen LogP) is 4.26. The number of hydrogen-bond acceptors (Lipinski definition) is 4. The number of hydrogen-bond donors (Lipinski definition) is 2. The Bertz CT molecular complexity index is 982. The fourth-order valence-electron chi connectivity index (χ4n) is 4.29. The first-order chi connectivity index (χ1) is 15.6. The topological polar surface area (TPSA) is 95.9 Å². The maximum atomic E-state index is 13.1. The number of carboxylic acid groups (broad SMARTS) is 1. The summed E-state index contributed by atoms with van der Waals surface area (Å²) in [4.78, 5) is 38.4. The number of nitrogens with one attached hydrogen (secondary N) is 1. The molecule has 2 amide bonds. The summed E-state index contributed by atoms with van der Waals surface area (Å²) in [6, 6.07) is 15.2. The largest absolute Gasteiger partial charge is 0.480 e. The third-order valence-corrected chi connectivity index (χ3v) is 5.85. The summed E-state index contributed by atoms with van der Waals surface area (Å²) < 4.78 is 5.60. The van der Waals surface area contributed by atoms with Gasteiger partial charge in [-0.3, -0.25) is 9.59 Å². The molecule has 2 aromatic rings. The molecule has 0 aromatic heterocycles. The minimum absolute atomic E-state index is 0.0875. The summed E-state index contributed by atoms with van der Waals surface area (Å²) in [6.45, 7) is 7.36. The van der Waals surface area contributed by atoms with E-state index in [1.165, 1.54) is 4.90 Å². The quantitative estimate of drug-likeness (QED) is 0.624. The van der Waals surface area contributed by atoms with Gasteiger partial charge >= 0.3 is 12.1 Å². The first-order valence-electron chi connectivity index (χ1n) is 11.3. The Morgan fingerprint density at radius 3 is 2.06 bits per heavy atom. The lowest BCUT2D eigenvalue weighted by Gasteiger charge is -2.34. The summed E-state index contributed by atoms with van der Waals surface area (Å²) in [6.07, 6.45) is -0.0854. The van der Waals surface area contributed by atoms with Gasteiger partial charge < -0.3 is 20.1 Å². The molecule has 0 fully saturated rings. The standard InChI is InChI=1S/C26H32N2O5/c1-5-14-28(15-22(29)30)24(31)23(26(2,3)4)27-25(32)33-16-21-19-12-8-6-10-17(19)18-11-7-9-13-20(18)21/h6-13,21,23H,5,14-16H2,1-4H3,(H,27,32)(H,29,30)/t23-/m0/s1. The number of amides is 2. The smallest absolute Gasteiger partial charge is 0.407 e. The van der Waals surface area contributed by atoms with E-state index in [0.717, 1.165) is 22.3 Å². The lowest BCUT2D eigenvalue weighted by molar-refractivity contribution is -0.146. The molecule has 0 heterocycles. The van der Waals surface area contributed by atoms with Crippen LogP contribution in [0.25, 0.3) is 11.1 Å². The monoisotopic (exact) mass is 452 g/mol. The molecule has 0 aliphatic heterocycles. The molecule has 33 heavy (non-hydrogen) atoms. The molecule has 176 valence electrons. The van der Waals surface area contributed by atoms with Gasteiger partial charge in [-0.25, -0.2) is 4.79 Å². The fraction of sp³-hybridized carbons (Fsp3) is 0.423. The van der Waals surface area contributed by atoms with Crippen LogP contribution >= 0.6 is 0 Å². The van der Waals surface area contributed by atoms with Crippen molar-refractivity contribution in [3.8, 4) is 11.1 Å². The summed E-state index contributed by atoms with van der Waals surface area (Å²) in [5.41, 5.74) is 3.84. The molecule has 0 radical (unpaired) electrons. The number of ether oxygens (including phenoxy) is 1. The van der Waals surface area contributed by atoms with Gasteiger partial charge in [0.05, 0.1) is 0 Å². The Kier molecular flexibility index (Phi) is 7.41. The normalized spacial score (nSPS) is 13.6. The lowest BCUT2D eigenvalue weighted by Crippen LogP contribution is -2.55. The van der Waals surface area contributed by atoms with Crippen LogP contribution in [0.1, 0.15) is 51.2 Å². The third-order valence-electron chi connectivity index (χ3n) is 5.85. The van der Waals surface area contributed by atoms with E-state index in [0.29, 0.717) is 13.0 Å². The van der Waals surface area contributed by atoms with E-state index in [2.05, 4.69) is 17.4 Å². The first-order valence-corrected chi connectivity index (χ1v) is 11.3. The van der Waals surface area contributed by atoms with Crippen molar-refractivity contribution in [3.05, 3.63) is 59.7 Å². The molecular formula is C26H32N2O5. The summed E-state index contributed by atoms with van der Waals surface area (Å²) in [5.74, 6) is -1.61. The van der Waals surface area contributed by atoms with Gasteiger partial charge in [-0.1, -0.05) is 76.2 Å². The van der Waals surface area contributed by atoms with Crippen molar-refractivity contribution in [1.29, 1.82) is 0 Å². The van der Waals surface area contributed by atoms with E-state index in [4.69, 9.17) is 4.74 Å². The van der Waals surface area contributed by atoms with Crippen LogP contribution in [0.2, 0.25) is 0 Å². The van der Waals surface area contributed by atoms with Crippen LogP contribution in [0.4, 0.5) is 4.79 Å². The predicted molar refractivity (Wildman–Crippen MR) is 126 cm³/mol. The molecule has 1 aliphatic carbocycles. The number of carboxylic acids is 1. The highest BCUT2D eigenvalue weighted by Gasteiger charge is 2.37. The molecule has 0 saturated carbocycles. The summed E-state index contributed by atoms with van der Waals surface area (Å²) >= 11 is 0. The molecule has 1 atom stereocenters. The van der Waals surface area contributed by atoms with Crippen molar-refractivity contribution >= 4 is 18.0 Å². The second kappa shape index (κ2) is 10.1. The van der Waals surface area contributed by atoms with E-state index in [1.54, 1.807) is 0 Å². The highest BCUT2D eigenvalue weighted by atomic mass is 16.5. The fourth-order valence-corrected chi connectivity index (χ4v) is 4.29. The van der Waals surface area contributed by atoms with Crippen LogP contribution in [0.3, 0.4) is 0 Å². The molecular weight excluding hydrogens is 420 g/mol. The number of nitrogens with zero attached hydrogens (tertiary/aromatic N) is 1.